The summed E-state index contributed by atoms with van der Waals surface area (Å²) < 4.78 is 13.4. The molecule has 194 valence electrons. The molecule has 39 heavy (non-hydrogen) atoms. The van der Waals surface area contributed by atoms with Crippen molar-refractivity contribution in [1.82, 2.24) is 19.9 Å². The summed E-state index contributed by atoms with van der Waals surface area (Å²) >= 11 is 0. The molecular formula is C32H29FN6. The molecule has 0 fully saturated rings. The van der Waals surface area contributed by atoms with E-state index in [0.29, 0.717) is 5.82 Å². The van der Waals surface area contributed by atoms with Crippen LogP contribution < -0.4 is 10.2 Å². The van der Waals surface area contributed by atoms with E-state index < -0.39 is 6.08 Å². The summed E-state index contributed by atoms with van der Waals surface area (Å²) in [7, 11) is 0. The number of rotatable bonds is 3. The van der Waals surface area contributed by atoms with Crippen molar-refractivity contribution < 1.29 is 4.39 Å². The molecule has 7 rings (SSSR count). The van der Waals surface area contributed by atoms with E-state index in [9.17, 15) is 4.39 Å². The topological polar surface area (TPSA) is 66.8 Å². The largest absolute Gasteiger partial charge is 0.385 e. The maximum Gasteiger partial charge on any atom is 0.310 e. The fraction of sp³-hybridized carbons (Fsp3) is 0.188. The molecule has 0 unspecified atom stereocenters. The molecule has 0 bridgehead atoms. The van der Waals surface area contributed by atoms with Gasteiger partial charge in [-0.3, -0.25) is 9.97 Å². The number of nitrogens with one attached hydrogen (secondary N) is 1. The van der Waals surface area contributed by atoms with Crippen molar-refractivity contribution in [3.05, 3.63) is 115 Å². The molecule has 3 aromatic heterocycles. The molecule has 0 spiro atoms. The van der Waals surface area contributed by atoms with E-state index >= 15 is 0 Å². The van der Waals surface area contributed by atoms with Crippen LogP contribution in [-0.4, -0.2) is 33.0 Å². The van der Waals surface area contributed by atoms with Crippen LogP contribution in [0.25, 0.3) is 22.5 Å². The molecule has 5 heterocycles. The standard InChI is InChI=1S/C18H15FN4.C14H14N2/c19-18-20-9-8-17(22-18)23-10-4-7-14-12-21-15(11-16(14)23)13-5-2-1-3-6-13;1-2-5-11(6-3-1)13-9-14-12(10-16-13)7-4-8-15-14/h1-3,5-6,8-9,11-12H,4,7,10H2;1-3,5-6,9-10,15H,4,7-8H2. The van der Waals surface area contributed by atoms with Crippen LogP contribution in [0.15, 0.2) is 97.5 Å². The minimum atomic E-state index is -0.702. The lowest BCUT2D eigenvalue weighted by Gasteiger charge is -2.30. The predicted molar refractivity (Wildman–Crippen MR) is 153 cm³/mol. The summed E-state index contributed by atoms with van der Waals surface area (Å²) in [6, 6.07) is 26.3. The molecule has 0 radical (unpaired) electrons. The van der Waals surface area contributed by atoms with Crippen molar-refractivity contribution in [2.45, 2.75) is 25.7 Å². The Morgan fingerprint density at radius 3 is 2.10 bits per heavy atom. The first kappa shape index (κ1) is 24.7. The van der Waals surface area contributed by atoms with Crippen molar-refractivity contribution in [3.63, 3.8) is 0 Å². The third-order valence-electron chi connectivity index (χ3n) is 7.03. The smallest absolute Gasteiger partial charge is 0.310 e. The zero-order chi connectivity index (χ0) is 26.4. The molecule has 2 aromatic carbocycles. The van der Waals surface area contributed by atoms with E-state index in [-0.39, 0.29) is 0 Å². The second kappa shape index (κ2) is 11.4. The van der Waals surface area contributed by atoms with Gasteiger partial charge in [-0.1, -0.05) is 60.7 Å². The maximum atomic E-state index is 13.4. The molecular weight excluding hydrogens is 487 g/mol. The predicted octanol–water partition coefficient (Wildman–Crippen LogP) is 6.87. The number of halogens is 1. The Bertz CT molecular complexity index is 1560. The summed E-state index contributed by atoms with van der Waals surface area (Å²) in [5.41, 5.74) is 9.00. The van der Waals surface area contributed by atoms with Gasteiger partial charge in [0.05, 0.1) is 11.4 Å². The van der Waals surface area contributed by atoms with Gasteiger partial charge in [-0.05, 0) is 55.0 Å². The highest BCUT2D eigenvalue weighted by Gasteiger charge is 2.21. The first-order chi connectivity index (χ1) is 19.2. The lowest BCUT2D eigenvalue weighted by atomic mass is 10.0. The van der Waals surface area contributed by atoms with Crippen molar-refractivity contribution in [2.75, 3.05) is 23.3 Å². The van der Waals surface area contributed by atoms with Crippen molar-refractivity contribution in [3.8, 4) is 22.5 Å². The van der Waals surface area contributed by atoms with Gasteiger partial charge in [0.1, 0.15) is 5.82 Å². The Hall–Kier alpha value is -4.65. The molecule has 6 nitrogen and oxygen atoms in total. The van der Waals surface area contributed by atoms with E-state index in [0.717, 1.165) is 60.6 Å². The van der Waals surface area contributed by atoms with Gasteiger partial charge in [-0.15, -0.1) is 0 Å². The number of aryl methyl sites for hydroxylation is 2. The minimum absolute atomic E-state index is 0.587. The van der Waals surface area contributed by atoms with E-state index in [2.05, 4.69) is 49.5 Å². The third kappa shape index (κ3) is 5.62. The molecule has 0 amide bonds. The number of hydrogen-bond donors (Lipinski definition) is 1. The van der Waals surface area contributed by atoms with Crippen molar-refractivity contribution in [2.24, 2.45) is 0 Å². The Morgan fingerprint density at radius 2 is 1.38 bits per heavy atom. The van der Waals surface area contributed by atoms with Gasteiger partial charge in [0.25, 0.3) is 0 Å². The summed E-state index contributed by atoms with van der Waals surface area (Å²) in [6.45, 7) is 1.88. The number of aromatic nitrogens is 4. The lowest BCUT2D eigenvalue weighted by molar-refractivity contribution is 0.537. The van der Waals surface area contributed by atoms with Crippen LogP contribution in [0, 0.1) is 6.08 Å². The minimum Gasteiger partial charge on any atom is -0.385 e. The molecule has 0 saturated heterocycles. The van der Waals surface area contributed by atoms with Crippen molar-refractivity contribution in [1.29, 1.82) is 0 Å². The Kier molecular flexibility index (Phi) is 7.21. The normalized spacial score (nSPS) is 13.8. The highest BCUT2D eigenvalue weighted by molar-refractivity contribution is 5.71. The quantitative estimate of drug-likeness (QED) is 0.264. The van der Waals surface area contributed by atoms with Gasteiger partial charge in [0, 0.05) is 54.2 Å². The third-order valence-corrected chi connectivity index (χ3v) is 7.03. The van der Waals surface area contributed by atoms with Gasteiger partial charge in [-0.25, -0.2) is 4.98 Å². The zero-order valence-electron chi connectivity index (χ0n) is 21.6. The van der Waals surface area contributed by atoms with Crippen LogP contribution in [0.5, 0.6) is 0 Å². The molecule has 2 aliphatic heterocycles. The van der Waals surface area contributed by atoms with Crippen LogP contribution in [0.1, 0.15) is 24.0 Å². The average molecular weight is 517 g/mol. The lowest BCUT2D eigenvalue weighted by Crippen LogP contribution is -2.26. The van der Waals surface area contributed by atoms with Gasteiger partial charge < -0.3 is 10.2 Å². The summed E-state index contributed by atoms with van der Waals surface area (Å²) in [5, 5.41) is 3.43. The first-order valence-corrected chi connectivity index (χ1v) is 13.3. The van der Waals surface area contributed by atoms with Crippen molar-refractivity contribution >= 4 is 17.2 Å². The first-order valence-electron chi connectivity index (χ1n) is 13.3. The van der Waals surface area contributed by atoms with Crippen LogP contribution in [-0.2, 0) is 12.8 Å². The molecule has 0 saturated carbocycles. The maximum absolute atomic E-state index is 13.4. The van der Waals surface area contributed by atoms with Crippen LogP contribution in [0.4, 0.5) is 21.6 Å². The van der Waals surface area contributed by atoms with E-state index in [1.807, 2.05) is 65.8 Å². The summed E-state index contributed by atoms with van der Waals surface area (Å²) in [5.74, 6) is 0.587. The average Bonchev–Trinajstić information content (AvgIpc) is 3.01. The van der Waals surface area contributed by atoms with Gasteiger partial charge in [0.2, 0.25) is 0 Å². The van der Waals surface area contributed by atoms with Gasteiger partial charge in [-0.2, -0.15) is 9.37 Å². The molecule has 0 atom stereocenters. The number of hydrogen-bond acceptors (Lipinski definition) is 6. The highest BCUT2D eigenvalue weighted by Crippen LogP contribution is 2.34. The van der Waals surface area contributed by atoms with E-state index in [1.165, 1.54) is 29.4 Å². The summed E-state index contributed by atoms with van der Waals surface area (Å²) in [4.78, 5) is 18.6. The fourth-order valence-corrected chi connectivity index (χ4v) is 5.06. The Morgan fingerprint density at radius 1 is 0.718 bits per heavy atom. The number of anilines is 3. The van der Waals surface area contributed by atoms with E-state index in [4.69, 9.17) is 0 Å². The zero-order valence-corrected chi connectivity index (χ0v) is 21.6. The SMILES string of the molecule is Fc1nccc(N2CCCc3cnc(-c4ccccc4)cc32)n1.c1ccc(-c2cc3c(cn2)CCCN3)cc1. The second-order valence-electron chi connectivity index (χ2n) is 9.63. The molecule has 5 aromatic rings. The number of pyridine rings is 2. The molecule has 2 aliphatic rings. The van der Waals surface area contributed by atoms with Gasteiger partial charge in [0.15, 0.2) is 0 Å². The van der Waals surface area contributed by atoms with Crippen LogP contribution in [0.3, 0.4) is 0 Å². The number of fused-ring (bicyclic) bond motifs is 2. The monoisotopic (exact) mass is 516 g/mol. The Labute approximate surface area is 227 Å². The fourth-order valence-electron chi connectivity index (χ4n) is 5.06. The van der Waals surface area contributed by atoms with Gasteiger partial charge >= 0.3 is 6.08 Å². The highest BCUT2D eigenvalue weighted by atomic mass is 19.1. The van der Waals surface area contributed by atoms with Crippen LogP contribution >= 0.6 is 0 Å². The second-order valence-corrected chi connectivity index (χ2v) is 9.63. The molecule has 0 aliphatic carbocycles. The van der Waals surface area contributed by atoms with Crippen LogP contribution in [0.2, 0.25) is 0 Å². The number of nitrogens with zero attached hydrogens (tertiary/aromatic N) is 5. The number of benzene rings is 2. The Balaban J connectivity index is 0.000000151. The van der Waals surface area contributed by atoms with E-state index in [1.54, 1.807) is 6.07 Å². The molecule has 7 heteroatoms. The summed E-state index contributed by atoms with van der Waals surface area (Å²) in [6.07, 6.45) is 8.99. The molecule has 1 N–H and O–H groups in total.